The molecule has 1 aliphatic rings. The minimum absolute atomic E-state index is 0.0205. The first-order valence-corrected chi connectivity index (χ1v) is 7.80. The number of nitrogens with one attached hydrogen (secondary N) is 2. The molecule has 21 heavy (non-hydrogen) atoms. The average molecular weight is 299 g/mol. The number of nitrogens with zero attached hydrogens (tertiary/aromatic N) is 1. The number of hydrogen-bond donors (Lipinski definition) is 3. The van der Waals surface area contributed by atoms with Crippen LogP contribution in [0.15, 0.2) is 0 Å². The normalized spacial score (nSPS) is 19.2. The maximum absolute atomic E-state index is 12.1. The van der Waals surface area contributed by atoms with Crippen LogP contribution >= 0.6 is 0 Å². The summed E-state index contributed by atoms with van der Waals surface area (Å²) in [6.45, 7) is 7.26. The van der Waals surface area contributed by atoms with Gasteiger partial charge in [0, 0.05) is 37.7 Å². The van der Waals surface area contributed by atoms with Gasteiger partial charge in [-0.1, -0.05) is 20.8 Å². The Labute approximate surface area is 127 Å². The third kappa shape index (κ3) is 5.91. The van der Waals surface area contributed by atoms with Crippen molar-refractivity contribution in [2.45, 2.75) is 52.5 Å². The lowest BCUT2D eigenvalue weighted by molar-refractivity contribution is -0.128. The van der Waals surface area contributed by atoms with Gasteiger partial charge in [-0.2, -0.15) is 0 Å². The smallest absolute Gasteiger partial charge is 0.317 e. The zero-order chi connectivity index (χ0) is 15.9. The number of urea groups is 1. The van der Waals surface area contributed by atoms with Crippen molar-refractivity contribution in [3.63, 3.8) is 0 Å². The molecule has 1 heterocycles. The van der Waals surface area contributed by atoms with Crippen LogP contribution < -0.4 is 10.6 Å². The van der Waals surface area contributed by atoms with Crippen LogP contribution in [-0.2, 0) is 4.79 Å². The Bertz CT molecular complexity index is 351. The first kappa shape index (κ1) is 17.8. The molecule has 0 radical (unpaired) electrons. The van der Waals surface area contributed by atoms with Crippen molar-refractivity contribution in [2.75, 3.05) is 26.2 Å². The van der Waals surface area contributed by atoms with Gasteiger partial charge in [0.2, 0.25) is 5.91 Å². The van der Waals surface area contributed by atoms with Crippen LogP contribution in [0, 0.1) is 5.41 Å². The van der Waals surface area contributed by atoms with Gasteiger partial charge < -0.3 is 20.6 Å². The van der Waals surface area contributed by atoms with E-state index in [1.54, 1.807) is 0 Å². The van der Waals surface area contributed by atoms with Crippen LogP contribution in [0.4, 0.5) is 4.79 Å². The lowest BCUT2D eigenvalue weighted by atomic mass is 9.96. The Morgan fingerprint density at radius 1 is 1.19 bits per heavy atom. The van der Waals surface area contributed by atoms with Crippen molar-refractivity contribution in [3.05, 3.63) is 0 Å². The van der Waals surface area contributed by atoms with E-state index in [9.17, 15) is 9.59 Å². The molecule has 0 aromatic heterocycles. The van der Waals surface area contributed by atoms with E-state index < -0.39 is 5.41 Å². The van der Waals surface area contributed by atoms with Gasteiger partial charge in [0.05, 0.1) is 0 Å². The van der Waals surface area contributed by atoms with Crippen LogP contribution in [0.5, 0.6) is 0 Å². The molecule has 1 aliphatic heterocycles. The van der Waals surface area contributed by atoms with E-state index in [1.807, 2.05) is 25.7 Å². The SMILES string of the molecule is CC(C)(C)C(=O)NCCNC(=O)N1CCCC[C@@H]1CCO. The molecule has 6 nitrogen and oxygen atoms in total. The third-order valence-corrected chi connectivity index (χ3v) is 3.72. The van der Waals surface area contributed by atoms with Crippen LogP contribution in [0.25, 0.3) is 0 Å². The largest absolute Gasteiger partial charge is 0.396 e. The Kier molecular flexibility index (Phi) is 6.95. The fourth-order valence-electron chi connectivity index (χ4n) is 2.43. The minimum atomic E-state index is -0.414. The van der Waals surface area contributed by atoms with Crippen molar-refractivity contribution in [2.24, 2.45) is 5.41 Å². The predicted molar refractivity (Wildman–Crippen MR) is 81.9 cm³/mol. The molecule has 0 bridgehead atoms. The molecule has 0 unspecified atom stereocenters. The van der Waals surface area contributed by atoms with Gasteiger partial charge in [-0.05, 0) is 25.7 Å². The lowest BCUT2D eigenvalue weighted by Crippen LogP contribution is -2.50. The molecule has 1 fully saturated rings. The number of aliphatic hydroxyl groups excluding tert-OH is 1. The molecule has 6 heteroatoms. The molecule has 1 atom stereocenters. The first-order chi connectivity index (χ1) is 9.86. The van der Waals surface area contributed by atoms with Crippen molar-refractivity contribution in [3.8, 4) is 0 Å². The van der Waals surface area contributed by atoms with Gasteiger partial charge in [-0.3, -0.25) is 4.79 Å². The van der Waals surface area contributed by atoms with Crippen LogP contribution in [0.2, 0.25) is 0 Å². The van der Waals surface area contributed by atoms with Crippen LogP contribution in [0.1, 0.15) is 46.5 Å². The number of carbonyl (C=O) groups excluding carboxylic acids is 2. The van der Waals surface area contributed by atoms with Crippen molar-refractivity contribution < 1.29 is 14.7 Å². The van der Waals surface area contributed by atoms with E-state index in [2.05, 4.69) is 10.6 Å². The second kappa shape index (κ2) is 8.22. The Balaban J connectivity index is 2.31. The fraction of sp³-hybridized carbons (Fsp3) is 0.867. The number of aliphatic hydroxyl groups is 1. The Morgan fingerprint density at radius 2 is 1.86 bits per heavy atom. The number of likely N-dealkylation sites (tertiary alicyclic amines) is 1. The number of amides is 3. The van der Waals surface area contributed by atoms with Crippen molar-refractivity contribution in [1.29, 1.82) is 0 Å². The summed E-state index contributed by atoms with van der Waals surface area (Å²) in [4.78, 5) is 25.6. The van der Waals surface area contributed by atoms with E-state index >= 15 is 0 Å². The van der Waals surface area contributed by atoms with Crippen LogP contribution in [0.3, 0.4) is 0 Å². The highest BCUT2D eigenvalue weighted by Gasteiger charge is 2.26. The fourth-order valence-corrected chi connectivity index (χ4v) is 2.43. The Hall–Kier alpha value is -1.30. The molecule has 122 valence electrons. The molecule has 3 amide bonds. The average Bonchev–Trinajstić information content (AvgIpc) is 2.43. The van der Waals surface area contributed by atoms with Gasteiger partial charge in [0.25, 0.3) is 0 Å². The summed E-state index contributed by atoms with van der Waals surface area (Å²) in [5.41, 5.74) is -0.414. The topological polar surface area (TPSA) is 81.7 Å². The van der Waals surface area contributed by atoms with E-state index in [0.29, 0.717) is 19.5 Å². The quantitative estimate of drug-likeness (QED) is 0.665. The van der Waals surface area contributed by atoms with Gasteiger partial charge >= 0.3 is 6.03 Å². The highest BCUT2D eigenvalue weighted by atomic mass is 16.3. The molecule has 1 rings (SSSR count). The molecule has 0 spiro atoms. The van der Waals surface area contributed by atoms with E-state index in [4.69, 9.17) is 5.11 Å². The highest BCUT2D eigenvalue weighted by molar-refractivity contribution is 5.81. The summed E-state index contributed by atoms with van der Waals surface area (Å²) in [5.74, 6) is -0.0205. The van der Waals surface area contributed by atoms with Gasteiger partial charge in [-0.15, -0.1) is 0 Å². The number of rotatable bonds is 5. The molecular formula is C15H29N3O3. The zero-order valence-corrected chi connectivity index (χ0v) is 13.4. The summed E-state index contributed by atoms with van der Waals surface area (Å²) in [7, 11) is 0. The van der Waals surface area contributed by atoms with Crippen molar-refractivity contribution >= 4 is 11.9 Å². The van der Waals surface area contributed by atoms with Gasteiger partial charge in [0.1, 0.15) is 0 Å². The number of hydrogen-bond acceptors (Lipinski definition) is 3. The summed E-state index contributed by atoms with van der Waals surface area (Å²) < 4.78 is 0. The monoisotopic (exact) mass is 299 g/mol. The van der Waals surface area contributed by atoms with Crippen molar-refractivity contribution in [1.82, 2.24) is 15.5 Å². The number of carbonyl (C=O) groups is 2. The maximum atomic E-state index is 12.1. The molecule has 1 saturated heterocycles. The predicted octanol–water partition coefficient (Wildman–Crippen LogP) is 1.10. The molecular weight excluding hydrogens is 270 g/mol. The molecule has 0 saturated carbocycles. The summed E-state index contributed by atoms with van der Waals surface area (Å²) in [5, 5.41) is 14.7. The summed E-state index contributed by atoms with van der Waals surface area (Å²) >= 11 is 0. The van der Waals surface area contributed by atoms with E-state index in [-0.39, 0.29) is 24.6 Å². The third-order valence-electron chi connectivity index (χ3n) is 3.72. The molecule has 0 aromatic carbocycles. The second-order valence-corrected chi connectivity index (χ2v) is 6.59. The van der Waals surface area contributed by atoms with E-state index in [1.165, 1.54) is 0 Å². The van der Waals surface area contributed by atoms with Gasteiger partial charge in [-0.25, -0.2) is 4.79 Å². The summed E-state index contributed by atoms with van der Waals surface area (Å²) in [6, 6.07) is 0.0334. The molecule has 0 aliphatic carbocycles. The summed E-state index contributed by atoms with van der Waals surface area (Å²) in [6.07, 6.45) is 3.70. The zero-order valence-electron chi connectivity index (χ0n) is 13.4. The minimum Gasteiger partial charge on any atom is -0.396 e. The molecule has 3 N–H and O–H groups in total. The maximum Gasteiger partial charge on any atom is 0.317 e. The number of piperidine rings is 1. The van der Waals surface area contributed by atoms with E-state index in [0.717, 1.165) is 25.8 Å². The Morgan fingerprint density at radius 3 is 2.48 bits per heavy atom. The first-order valence-electron chi connectivity index (χ1n) is 7.80. The lowest BCUT2D eigenvalue weighted by Gasteiger charge is -2.35. The van der Waals surface area contributed by atoms with Crippen LogP contribution in [-0.4, -0.2) is 54.2 Å². The van der Waals surface area contributed by atoms with Gasteiger partial charge in [0.15, 0.2) is 0 Å². The second-order valence-electron chi connectivity index (χ2n) is 6.59. The standard InChI is InChI=1S/C15H29N3O3/c1-15(2,3)13(20)16-8-9-17-14(21)18-10-5-4-6-12(18)7-11-19/h12,19H,4-11H2,1-3H3,(H,16,20)(H,17,21)/t12-/m1/s1. The highest BCUT2D eigenvalue weighted by Crippen LogP contribution is 2.19. The molecule has 0 aromatic rings.